The van der Waals surface area contributed by atoms with Crippen molar-refractivity contribution in [2.75, 3.05) is 18.5 Å². The third kappa shape index (κ3) is 3.33. The SMILES string of the molecule is CC(CN(C)C(=O)c1occc1CN1C(=O)Cc2ccccc21)C(=O)O. The van der Waals surface area contributed by atoms with Gasteiger partial charge in [0.1, 0.15) is 0 Å². The third-order valence-electron chi connectivity index (χ3n) is 4.51. The van der Waals surface area contributed by atoms with Crippen LogP contribution in [0.5, 0.6) is 0 Å². The lowest BCUT2D eigenvalue weighted by Crippen LogP contribution is -2.34. The molecule has 26 heavy (non-hydrogen) atoms. The highest BCUT2D eigenvalue weighted by Gasteiger charge is 2.30. The second-order valence-electron chi connectivity index (χ2n) is 6.49. The number of anilines is 1. The summed E-state index contributed by atoms with van der Waals surface area (Å²) in [4.78, 5) is 38.9. The van der Waals surface area contributed by atoms with Crippen molar-refractivity contribution in [1.29, 1.82) is 0 Å². The molecule has 0 fully saturated rings. The molecule has 1 atom stereocenters. The highest BCUT2D eigenvalue weighted by atomic mass is 16.4. The van der Waals surface area contributed by atoms with Crippen LogP contribution in [-0.2, 0) is 22.6 Å². The molecule has 0 bridgehead atoms. The summed E-state index contributed by atoms with van der Waals surface area (Å²) in [7, 11) is 1.53. The lowest BCUT2D eigenvalue weighted by atomic mass is 10.1. The van der Waals surface area contributed by atoms with Crippen LogP contribution in [0.1, 0.15) is 28.6 Å². The molecular weight excluding hydrogens is 336 g/mol. The van der Waals surface area contributed by atoms with Gasteiger partial charge < -0.3 is 19.3 Å². The van der Waals surface area contributed by atoms with E-state index in [1.807, 2.05) is 24.3 Å². The number of carboxylic acids is 1. The molecule has 0 saturated heterocycles. The Labute approximate surface area is 150 Å². The highest BCUT2D eigenvalue weighted by Crippen LogP contribution is 2.30. The Morgan fingerprint density at radius 2 is 2.04 bits per heavy atom. The maximum atomic E-state index is 12.6. The number of fused-ring (bicyclic) bond motifs is 1. The zero-order valence-electron chi connectivity index (χ0n) is 14.6. The Morgan fingerprint density at radius 3 is 2.77 bits per heavy atom. The average Bonchev–Trinajstić information content (AvgIpc) is 3.19. The predicted octanol–water partition coefficient (Wildman–Crippen LogP) is 2.16. The van der Waals surface area contributed by atoms with Crippen molar-refractivity contribution in [3.63, 3.8) is 0 Å². The molecule has 1 N–H and O–H groups in total. The molecular formula is C19H20N2O5. The fourth-order valence-corrected chi connectivity index (χ4v) is 3.05. The molecule has 7 heteroatoms. The first-order chi connectivity index (χ1) is 12.4. The summed E-state index contributed by atoms with van der Waals surface area (Å²) < 4.78 is 5.35. The number of furan rings is 1. The third-order valence-corrected chi connectivity index (χ3v) is 4.51. The predicted molar refractivity (Wildman–Crippen MR) is 93.8 cm³/mol. The smallest absolute Gasteiger partial charge is 0.308 e. The van der Waals surface area contributed by atoms with Gasteiger partial charge in [-0.05, 0) is 17.7 Å². The van der Waals surface area contributed by atoms with Crippen LogP contribution in [0.15, 0.2) is 41.0 Å². The normalized spacial score (nSPS) is 14.2. The van der Waals surface area contributed by atoms with Crippen LogP contribution in [0.2, 0.25) is 0 Å². The Hall–Kier alpha value is -3.09. The first-order valence-electron chi connectivity index (χ1n) is 8.31. The van der Waals surface area contributed by atoms with Gasteiger partial charge in [-0.3, -0.25) is 14.4 Å². The number of benzene rings is 1. The fourth-order valence-electron chi connectivity index (χ4n) is 3.05. The molecule has 1 aliphatic rings. The minimum Gasteiger partial charge on any atom is -0.481 e. The van der Waals surface area contributed by atoms with E-state index in [4.69, 9.17) is 9.52 Å². The van der Waals surface area contributed by atoms with Gasteiger partial charge in [-0.1, -0.05) is 25.1 Å². The van der Waals surface area contributed by atoms with Gasteiger partial charge in [-0.15, -0.1) is 0 Å². The van der Waals surface area contributed by atoms with Gasteiger partial charge in [-0.25, -0.2) is 0 Å². The molecule has 2 heterocycles. The van der Waals surface area contributed by atoms with E-state index in [-0.39, 0.29) is 24.8 Å². The van der Waals surface area contributed by atoms with Crippen LogP contribution >= 0.6 is 0 Å². The van der Waals surface area contributed by atoms with Crippen LogP contribution in [0, 0.1) is 5.92 Å². The summed E-state index contributed by atoms with van der Waals surface area (Å²) in [5.41, 5.74) is 2.39. The van der Waals surface area contributed by atoms with E-state index in [2.05, 4.69) is 0 Å². The highest BCUT2D eigenvalue weighted by molar-refractivity contribution is 6.01. The zero-order valence-corrected chi connectivity index (χ0v) is 14.6. The number of hydrogen-bond acceptors (Lipinski definition) is 4. The molecule has 1 aromatic heterocycles. The fraction of sp³-hybridized carbons (Fsp3) is 0.316. The van der Waals surface area contributed by atoms with Crippen molar-refractivity contribution in [2.24, 2.45) is 5.92 Å². The Bertz CT molecular complexity index is 857. The van der Waals surface area contributed by atoms with Crippen LogP contribution < -0.4 is 4.90 Å². The summed E-state index contributed by atoms with van der Waals surface area (Å²) in [6.45, 7) is 1.84. The van der Waals surface area contributed by atoms with E-state index >= 15 is 0 Å². The molecule has 136 valence electrons. The lowest BCUT2D eigenvalue weighted by molar-refractivity contribution is -0.141. The first-order valence-corrected chi connectivity index (χ1v) is 8.31. The van der Waals surface area contributed by atoms with Gasteiger partial charge in [-0.2, -0.15) is 0 Å². The largest absolute Gasteiger partial charge is 0.481 e. The van der Waals surface area contributed by atoms with Gasteiger partial charge in [0.05, 0.1) is 25.1 Å². The Morgan fingerprint density at radius 1 is 1.31 bits per heavy atom. The van der Waals surface area contributed by atoms with Gasteiger partial charge in [0.25, 0.3) is 5.91 Å². The standard InChI is InChI=1S/C19H20N2O5/c1-12(19(24)25)10-20(2)18(23)17-14(7-8-26-17)11-21-15-6-4-3-5-13(15)9-16(21)22/h3-8,12H,9-11H2,1-2H3,(H,24,25). The van der Waals surface area contributed by atoms with E-state index in [0.29, 0.717) is 12.0 Å². The summed E-state index contributed by atoms with van der Waals surface area (Å²) in [6.07, 6.45) is 1.75. The second-order valence-corrected chi connectivity index (χ2v) is 6.49. The van der Waals surface area contributed by atoms with Crippen LogP contribution in [-0.4, -0.2) is 41.4 Å². The number of nitrogens with zero attached hydrogens (tertiary/aromatic N) is 2. The Kier molecular flexibility index (Phi) is 4.79. The van der Waals surface area contributed by atoms with Crippen molar-refractivity contribution in [2.45, 2.75) is 19.9 Å². The maximum absolute atomic E-state index is 12.6. The minimum absolute atomic E-state index is 0.0290. The summed E-state index contributed by atoms with van der Waals surface area (Å²) >= 11 is 0. The minimum atomic E-state index is -0.969. The summed E-state index contributed by atoms with van der Waals surface area (Å²) in [6, 6.07) is 9.21. The number of hydrogen-bond donors (Lipinski definition) is 1. The monoisotopic (exact) mass is 356 g/mol. The average molecular weight is 356 g/mol. The molecule has 7 nitrogen and oxygen atoms in total. The van der Waals surface area contributed by atoms with E-state index in [0.717, 1.165) is 11.3 Å². The molecule has 2 amide bonds. The van der Waals surface area contributed by atoms with Gasteiger partial charge in [0.2, 0.25) is 5.91 Å². The molecule has 1 aromatic carbocycles. The number of rotatable bonds is 6. The number of aliphatic carboxylic acids is 1. The maximum Gasteiger partial charge on any atom is 0.308 e. The van der Waals surface area contributed by atoms with Crippen LogP contribution in [0.4, 0.5) is 5.69 Å². The summed E-state index contributed by atoms with van der Waals surface area (Å²) in [5, 5.41) is 9.00. The van der Waals surface area contributed by atoms with Crippen LogP contribution in [0.3, 0.4) is 0 Å². The number of carbonyl (C=O) groups is 3. The first kappa shape index (κ1) is 17.7. The van der Waals surface area contributed by atoms with E-state index in [1.165, 1.54) is 25.1 Å². The number of carbonyl (C=O) groups excluding carboxylic acids is 2. The number of para-hydroxylation sites is 1. The number of carboxylic acid groups (broad SMARTS) is 1. The number of amides is 2. The molecule has 1 unspecified atom stereocenters. The molecule has 2 aromatic rings. The lowest BCUT2D eigenvalue weighted by Gasteiger charge is -2.20. The topological polar surface area (TPSA) is 91.1 Å². The molecule has 0 aliphatic carbocycles. The molecule has 1 aliphatic heterocycles. The van der Waals surface area contributed by atoms with Crippen molar-refractivity contribution in [3.05, 3.63) is 53.5 Å². The second kappa shape index (κ2) is 7.03. The van der Waals surface area contributed by atoms with Crippen molar-refractivity contribution in [3.8, 4) is 0 Å². The van der Waals surface area contributed by atoms with Crippen LogP contribution in [0.25, 0.3) is 0 Å². The van der Waals surface area contributed by atoms with Gasteiger partial charge in [0.15, 0.2) is 5.76 Å². The quantitative estimate of drug-likeness (QED) is 0.856. The molecule has 0 radical (unpaired) electrons. The van der Waals surface area contributed by atoms with Gasteiger partial charge in [0, 0.05) is 24.8 Å². The molecule has 3 rings (SSSR count). The van der Waals surface area contributed by atoms with Crippen molar-refractivity contribution >= 4 is 23.5 Å². The van der Waals surface area contributed by atoms with E-state index < -0.39 is 17.8 Å². The molecule has 0 saturated carbocycles. The van der Waals surface area contributed by atoms with Crippen molar-refractivity contribution in [1.82, 2.24) is 4.90 Å². The van der Waals surface area contributed by atoms with E-state index in [9.17, 15) is 14.4 Å². The Balaban J connectivity index is 1.78. The zero-order chi connectivity index (χ0) is 18.8. The van der Waals surface area contributed by atoms with Crippen molar-refractivity contribution < 1.29 is 23.9 Å². The van der Waals surface area contributed by atoms with E-state index in [1.54, 1.807) is 11.0 Å². The molecule has 0 spiro atoms. The van der Waals surface area contributed by atoms with Gasteiger partial charge >= 0.3 is 5.97 Å². The summed E-state index contributed by atoms with van der Waals surface area (Å²) in [5.74, 6) is -1.96.